The Bertz CT molecular complexity index is 170. The van der Waals surface area contributed by atoms with E-state index in [4.69, 9.17) is 9.47 Å². The molecule has 1 aliphatic rings. The van der Waals surface area contributed by atoms with E-state index in [1.807, 2.05) is 0 Å². The van der Waals surface area contributed by atoms with Crippen molar-refractivity contribution in [3.8, 4) is 0 Å². The Morgan fingerprint density at radius 1 is 1.54 bits per heavy atom. The van der Waals surface area contributed by atoms with Crippen molar-refractivity contribution in [1.82, 2.24) is 0 Å². The Labute approximate surface area is 103 Å². The minimum Gasteiger partial charge on any atom is -0.772 e. The Morgan fingerprint density at radius 3 is 2.46 bits per heavy atom. The molecule has 4 nitrogen and oxygen atoms in total. The van der Waals surface area contributed by atoms with E-state index in [9.17, 15) is 8.76 Å². The fourth-order valence-electron chi connectivity index (χ4n) is 1.37. The van der Waals surface area contributed by atoms with Gasteiger partial charge in [-0.3, -0.25) is 4.21 Å². The summed E-state index contributed by atoms with van der Waals surface area (Å²) in [6, 6.07) is 0. The van der Waals surface area contributed by atoms with E-state index < -0.39 is 16.7 Å². The normalized spacial score (nSPS) is 23.2. The smallest absolute Gasteiger partial charge is 0.772 e. The maximum Gasteiger partial charge on any atom is 1.00 e. The van der Waals surface area contributed by atoms with Crippen molar-refractivity contribution in [1.29, 1.82) is 0 Å². The molecule has 0 N–H and O–H groups in total. The Hall–Kier alpha value is 1.03. The minimum absolute atomic E-state index is 0. The molecule has 72 valence electrons. The van der Waals surface area contributed by atoms with E-state index in [1.165, 1.54) is 0 Å². The van der Waals surface area contributed by atoms with Crippen molar-refractivity contribution in [3.05, 3.63) is 0 Å². The standard InChI is InChI=1S/C7H14O4S.Na/c1-10-7(6-12(8)9)2-4-11-5-3-7;/h2-6H2,1H3,(H,8,9);/q;+1/p-1. The summed E-state index contributed by atoms with van der Waals surface area (Å²) < 4.78 is 31.4. The molecule has 0 amide bonds. The first-order chi connectivity index (χ1) is 5.68. The van der Waals surface area contributed by atoms with Gasteiger partial charge in [-0.05, 0) is 0 Å². The maximum atomic E-state index is 10.5. The van der Waals surface area contributed by atoms with Crippen LogP contribution in [0.4, 0.5) is 0 Å². The van der Waals surface area contributed by atoms with Gasteiger partial charge in [-0.1, -0.05) is 11.1 Å². The molecule has 0 aliphatic carbocycles. The van der Waals surface area contributed by atoms with Gasteiger partial charge in [0.15, 0.2) is 0 Å². The van der Waals surface area contributed by atoms with Gasteiger partial charge < -0.3 is 14.0 Å². The van der Waals surface area contributed by atoms with Gasteiger partial charge in [-0.15, -0.1) is 0 Å². The third-order valence-electron chi connectivity index (χ3n) is 2.22. The van der Waals surface area contributed by atoms with Gasteiger partial charge in [-0.2, -0.15) is 0 Å². The summed E-state index contributed by atoms with van der Waals surface area (Å²) in [5.41, 5.74) is -0.495. The van der Waals surface area contributed by atoms with Gasteiger partial charge in [-0.25, -0.2) is 0 Å². The second kappa shape index (κ2) is 6.50. The van der Waals surface area contributed by atoms with Gasteiger partial charge in [0.2, 0.25) is 0 Å². The minimum atomic E-state index is -2.03. The molecule has 0 spiro atoms. The van der Waals surface area contributed by atoms with Crippen LogP contribution in [-0.2, 0) is 20.6 Å². The number of hydrogen-bond donors (Lipinski definition) is 0. The van der Waals surface area contributed by atoms with Gasteiger partial charge in [0.05, 0.1) is 5.60 Å². The Morgan fingerprint density at radius 2 is 2.08 bits per heavy atom. The Kier molecular flexibility index (Phi) is 7.02. The van der Waals surface area contributed by atoms with Gasteiger partial charge in [0.25, 0.3) is 0 Å². The van der Waals surface area contributed by atoms with Crippen LogP contribution < -0.4 is 29.6 Å². The summed E-state index contributed by atoms with van der Waals surface area (Å²) in [4.78, 5) is 0. The van der Waals surface area contributed by atoms with Crippen LogP contribution in [-0.4, -0.2) is 40.4 Å². The fourth-order valence-corrected chi connectivity index (χ4v) is 2.20. The third-order valence-corrected chi connectivity index (χ3v) is 2.98. The number of hydrogen-bond acceptors (Lipinski definition) is 4. The molecule has 0 bridgehead atoms. The second-order valence-electron chi connectivity index (χ2n) is 2.95. The van der Waals surface area contributed by atoms with Crippen molar-refractivity contribution in [2.45, 2.75) is 18.4 Å². The van der Waals surface area contributed by atoms with Gasteiger partial charge in [0, 0.05) is 38.9 Å². The molecule has 0 saturated carbocycles. The fraction of sp³-hybridized carbons (Fsp3) is 1.00. The number of rotatable bonds is 3. The molecule has 1 heterocycles. The van der Waals surface area contributed by atoms with E-state index in [2.05, 4.69) is 0 Å². The van der Waals surface area contributed by atoms with E-state index in [0.717, 1.165) is 0 Å². The van der Waals surface area contributed by atoms with Crippen LogP contribution in [0.5, 0.6) is 0 Å². The molecule has 0 aromatic carbocycles. The van der Waals surface area contributed by atoms with E-state index in [-0.39, 0.29) is 35.3 Å². The monoisotopic (exact) mass is 216 g/mol. The van der Waals surface area contributed by atoms with E-state index in [1.54, 1.807) is 7.11 Å². The van der Waals surface area contributed by atoms with E-state index >= 15 is 0 Å². The SMILES string of the molecule is COC1(CS(=O)[O-])CCOCC1.[Na+]. The summed E-state index contributed by atoms with van der Waals surface area (Å²) in [6.07, 6.45) is 1.33. The van der Waals surface area contributed by atoms with Crippen LogP contribution >= 0.6 is 0 Å². The molecule has 1 atom stereocenters. The summed E-state index contributed by atoms with van der Waals surface area (Å²) in [7, 11) is 1.55. The van der Waals surface area contributed by atoms with Crippen LogP contribution in [0.3, 0.4) is 0 Å². The molecule has 0 radical (unpaired) electrons. The average molecular weight is 216 g/mol. The molecular formula is C7H13NaO4S. The van der Waals surface area contributed by atoms with Crippen LogP contribution in [0.25, 0.3) is 0 Å². The molecule has 1 rings (SSSR count). The second-order valence-corrected chi connectivity index (χ2v) is 3.84. The van der Waals surface area contributed by atoms with Crippen molar-refractivity contribution in [2.24, 2.45) is 0 Å². The third kappa shape index (κ3) is 4.38. The van der Waals surface area contributed by atoms with Crippen LogP contribution in [0.2, 0.25) is 0 Å². The molecule has 13 heavy (non-hydrogen) atoms. The summed E-state index contributed by atoms with van der Waals surface area (Å²) in [6.45, 7) is 1.18. The quantitative estimate of drug-likeness (QED) is 0.374. The average Bonchev–Trinajstić information content (AvgIpc) is 2.05. The summed E-state index contributed by atoms with van der Waals surface area (Å²) in [5, 5.41) is 0. The van der Waals surface area contributed by atoms with Crippen molar-refractivity contribution >= 4 is 11.1 Å². The van der Waals surface area contributed by atoms with Crippen LogP contribution in [0.1, 0.15) is 12.8 Å². The number of ether oxygens (including phenoxy) is 2. The molecule has 1 saturated heterocycles. The first-order valence-electron chi connectivity index (χ1n) is 3.87. The molecule has 0 aromatic rings. The predicted molar refractivity (Wildman–Crippen MR) is 43.6 cm³/mol. The summed E-state index contributed by atoms with van der Waals surface area (Å²) >= 11 is -2.03. The molecule has 1 unspecified atom stereocenters. The molecule has 0 aromatic heterocycles. The zero-order valence-corrected chi connectivity index (χ0v) is 10.9. The van der Waals surface area contributed by atoms with Crippen molar-refractivity contribution < 1.29 is 47.8 Å². The predicted octanol–water partition coefficient (Wildman–Crippen LogP) is -2.93. The number of methoxy groups -OCH3 is 1. The zero-order valence-electron chi connectivity index (χ0n) is 8.08. The van der Waals surface area contributed by atoms with E-state index in [0.29, 0.717) is 26.1 Å². The molecular weight excluding hydrogens is 203 g/mol. The molecule has 1 aliphatic heterocycles. The van der Waals surface area contributed by atoms with Gasteiger partial charge >= 0.3 is 29.6 Å². The van der Waals surface area contributed by atoms with Crippen molar-refractivity contribution in [2.75, 3.05) is 26.1 Å². The first-order valence-corrected chi connectivity index (χ1v) is 5.12. The molecule has 6 heteroatoms. The first kappa shape index (κ1) is 14.0. The van der Waals surface area contributed by atoms with Crippen LogP contribution in [0.15, 0.2) is 0 Å². The topological polar surface area (TPSA) is 58.6 Å². The summed E-state index contributed by atoms with van der Waals surface area (Å²) in [5.74, 6) is 0.0762. The zero-order chi connectivity index (χ0) is 9.03. The van der Waals surface area contributed by atoms with Crippen LogP contribution in [0, 0.1) is 0 Å². The van der Waals surface area contributed by atoms with Gasteiger partial charge in [0.1, 0.15) is 0 Å². The van der Waals surface area contributed by atoms with Crippen molar-refractivity contribution in [3.63, 3.8) is 0 Å². The molecule has 1 fully saturated rings. The maximum absolute atomic E-state index is 10.5. The largest absolute Gasteiger partial charge is 1.00 e. The Balaban J connectivity index is 0.00000144.